The minimum Gasteiger partial charge on any atom is -0.349 e. The molecule has 1 amide bonds. The molecule has 0 bridgehead atoms. The maximum atomic E-state index is 12.7. The fraction of sp³-hybridized carbons (Fsp3) is 0.240. The lowest BCUT2D eigenvalue weighted by Gasteiger charge is -2.22. The molecule has 0 atom stereocenters. The molecule has 30 heavy (non-hydrogen) atoms. The van der Waals surface area contributed by atoms with Crippen LogP contribution in [0, 0.1) is 11.3 Å². The number of nitriles is 1. The molecule has 5 heteroatoms. The van der Waals surface area contributed by atoms with Crippen molar-refractivity contribution in [1.29, 1.82) is 5.26 Å². The predicted molar refractivity (Wildman–Crippen MR) is 118 cm³/mol. The molecule has 1 aromatic heterocycles. The number of rotatable bonds is 5. The van der Waals surface area contributed by atoms with Crippen LogP contribution in [0.15, 0.2) is 72.4 Å². The van der Waals surface area contributed by atoms with Crippen molar-refractivity contribution in [2.24, 2.45) is 0 Å². The fourth-order valence-corrected chi connectivity index (χ4v) is 3.84. The van der Waals surface area contributed by atoms with Gasteiger partial charge in [0, 0.05) is 23.4 Å². The smallest absolute Gasteiger partial charge is 0.262 e. The molecule has 2 aromatic carbocycles. The molecule has 4 rings (SSSR count). The lowest BCUT2D eigenvalue weighted by molar-refractivity contribution is -0.117. The van der Waals surface area contributed by atoms with Crippen LogP contribution >= 0.6 is 0 Å². The fourth-order valence-electron chi connectivity index (χ4n) is 3.84. The molecule has 150 valence electrons. The van der Waals surface area contributed by atoms with Gasteiger partial charge < -0.3 is 5.32 Å². The summed E-state index contributed by atoms with van der Waals surface area (Å²) in [6, 6.07) is 21.8. The molecule has 1 aliphatic carbocycles. The SMILES string of the molecule is N#C/C(=C/c1cn(-c2ccccc2)nc1-c1ccccc1)C(=O)NC1CCCCC1. The zero-order valence-electron chi connectivity index (χ0n) is 16.8. The quantitative estimate of drug-likeness (QED) is 0.493. The third-order valence-electron chi connectivity index (χ3n) is 5.42. The molecule has 1 fully saturated rings. The van der Waals surface area contributed by atoms with Crippen molar-refractivity contribution in [3.05, 3.63) is 78.0 Å². The number of carbonyl (C=O) groups excluding carboxylic acids is 1. The summed E-state index contributed by atoms with van der Waals surface area (Å²) in [5.41, 5.74) is 3.42. The summed E-state index contributed by atoms with van der Waals surface area (Å²) >= 11 is 0. The second-order valence-electron chi connectivity index (χ2n) is 7.56. The first-order chi connectivity index (χ1) is 14.7. The van der Waals surface area contributed by atoms with E-state index >= 15 is 0 Å². The van der Waals surface area contributed by atoms with Crippen molar-refractivity contribution in [3.63, 3.8) is 0 Å². The predicted octanol–water partition coefficient (Wildman–Crippen LogP) is 4.90. The van der Waals surface area contributed by atoms with E-state index in [2.05, 4.69) is 11.4 Å². The molecule has 1 N–H and O–H groups in total. The zero-order chi connectivity index (χ0) is 20.8. The number of hydrogen-bond acceptors (Lipinski definition) is 3. The molecular weight excluding hydrogens is 372 g/mol. The van der Waals surface area contributed by atoms with Crippen molar-refractivity contribution < 1.29 is 4.79 Å². The van der Waals surface area contributed by atoms with E-state index in [1.807, 2.05) is 66.9 Å². The Morgan fingerprint density at radius 2 is 1.70 bits per heavy atom. The van der Waals surface area contributed by atoms with Gasteiger partial charge in [-0.15, -0.1) is 0 Å². The maximum absolute atomic E-state index is 12.7. The summed E-state index contributed by atoms with van der Waals surface area (Å²) < 4.78 is 1.78. The van der Waals surface area contributed by atoms with Crippen LogP contribution in [0.25, 0.3) is 23.0 Å². The molecule has 0 saturated heterocycles. The van der Waals surface area contributed by atoms with E-state index in [1.54, 1.807) is 10.8 Å². The minimum atomic E-state index is -0.309. The maximum Gasteiger partial charge on any atom is 0.262 e. The summed E-state index contributed by atoms with van der Waals surface area (Å²) in [5, 5.41) is 17.4. The van der Waals surface area contributed by atoms with E-state index in [1.165, 1.54) is 6.42 Å². The zero-order valence-corrected chi connectivity index (χ0v) is 16.8. The van der Waals surface area contributed by atoms with E-state index in [0.29, 0.717) is 0 Å². The van der Waals surface area contributed by atoms with Crippen LogP contribution < -0.4 is 5.32 Å². The highest BCUT2D eigenvalue weighted by Gasteiger charge is 2.19. The molecule has 1 aliphatic rings. The van der Waals surface area contributed by atoms with Crippen LogP contribution in [0.2, 0.25) is 0 Å². The van der Waals surface area contributed by atoms with Gasteiger partial charge in [-0.05, 0) is 31.1 Å². The van der Waals surface area contributed by atoms with E-state index in [9.17, 15) is 10.1 Å². The first kappa shape index (κ1) is 19.7. The molecule has 0 aliphatic heterocycles. The highest BCUT2D eigenvalue weighted by Crippen LogP contribution is 2.26. The second kappa shape index (κ2) is 9.23. The van der Waals surface area contributed by atoms with Gasteiger partial charge in [0.05, 0.1) is 11.4 Å². The number of carbonyl (C=O) groups is 1. The molecule has 3 aromatic rings. The monoisotopic (exact) mass is 396 g/mol. The van der Waals surface area contributed by atoms with Crippen molar-refractivity contribution >= 4 is 12.0 Å². The van der Waals surface area contributed by atoms with Gasteiger partial charge in [-0.3, -0.25) is 4.79 Å². The number of benzene rings is 2. The molecule has 5 nitrogen and oxygen atoms in total. The number of nitrogens with zero attached hydrogens (tertiary/aromatic N) is 3. The van der Waals surface area contributed by atoms with Crippen molar-refractivity contribution in [2.45, 2.75) is 38.1 Å². The Morgan fingerprint density at radius 3 is 2.37 bits per heavy atom. The largest absolute Gasteiger partial charge is 0.349 e. The summed E-state index contributed by atoms with van der Waals surface area (Å²) in [5.74, 6) is -0.309. The van der Waals surface area contributed by atoms with Crippen LogP contribution in [0.4, 0.5) is 0 Å². The van der Waals surface area contributed by atoms with Gasteiger partial charge in [-0.2, -0.15) is 10.4 Å². The number of nitrogens with one attached hydrogen (secondary N) is 1. The van der Waals surface area contributed by atoms with Gasteiger partial charge >= 0.3 is 0 Å². The van der Waals surface area contributed by atoms with E-state index in [-0.39, 0.29) is 17.5 Å². The molecular formula is C25H24N4O. The first-order valence-corrected chi connectivity index (χ1v) is 10.4. The van der Waals surface area contributed by atoms with Crippen LogP contribution in [-0.4, -0.2) is 21.7 Å². The van der Waals surface area contributed by atoms with Crippen molar-refractivity contribution in [2.75, 3.05) is 0 Å². The molecule has 0 radical (unpaired) electrons. The summed E-state index contributed by atoms with van der Waals surface area (Å²) in [6.07, 6.45) is 8.93. The lowest BCUT2D eigenvalue weighted by atomic mass is 9.95. The lowest BCUT2D eigenvalue weighted by Crippen LogP contribution is -2.36. The van der Waals surface area contributed by atoms with Crippen LogP contribution in [0.1, 0.15) is 37.7 Å². The van der Waals surface area contributed by atoms with Crippen LogP contribution in [0.5, 0.6) is 0 Å². The topological polar surface area (TPSA) is 70.7 Å². The number of hydrogen-bond donors (Lipinski definition) is 1. The first-order valence-electron chi connectivity index (χ1n) is 10.4. The van der Waals surface area contributed by atoms with Crippen molar-refractivity contribution in [3.8, 4) is 23.0 Å². The summed E-state index contributed by atoms with van der Waals surface area (Å²) in [6.45, 7) is 0. The van der Waals surface area contributed by atoms with Gasteiger partial charge in [0.1, 0.15) is 11.6 Å². The highest BCUT2D eigenvalue weighted by atomic mass is 16.1. The van der Waals surface area contributed by atoms with Gasteiger partial charge in [-0.25, -0.2) is 4.68 Å². The van der Waals surface area contributed by atoms with Gasteiger partial charge in [-0.1, -0.05) is 67.8 Å². The number of para-hydroxylation sites is 1. The van der Waals surface area contributed by atoms with Crippen LogP contribution in [-0.2, 0) is 4.79 Å². The Bertz CT molecular complexity index is 1070. The highest BCUT2D eigenvalue weighted by molar-refractivity contribution is 6.02. The Balaban J connectivity index is 1.69. The Labute approximate surface area is 176 Å². The summed E-state index contributed by atoms with van der Waals surface area (Å²) in [4.78, 5) is 12.7. The standard InChI is InChI=1S/C25H24N4O/c26-17-20(25(30)27-22-12-6-2-7-13-22)16-21-18-29(23-14-8-3-9-15-23)28-24(21)19-10-4-1-5-11-19/h1,3-5,8-11,14-16,18,22H,2,6-7,12-13H2,(H,27,30)/b20-16-. The van der Waals surface area contributed by atoms with Crippen molar-refractivity contribution in [1.82, 2.24) is 15.1 Å². The summed E-state index contributed by atoms with van der Waals surface area (Å²) in [7, 11) is 0. The number of aromatic nitrogens is 2. The molecule has 0 unspecified atom stereocenters. The van der Waals surface area contributed by atoms with E-state index < -0.39 is 0 Å². The third-order valence-corrected chi connectivity index (χ3v) is 5.42. The van der Waals surface area contributed by atoms with Gasteiger partial charge in [0.25, 0.3) is 5.91 Å². The van der Waals surface area contributed by atoms with Gasteiger partial charge in [0.2, 0.25) is 0 Å². The minimum absolute atomic E-state index is 0.102. The second-order valence-corrected chi connectivity index (χ2v) is 7.56. The third kappa shape index (κ3) is 4.49. The normalized spacial score (nSPS) is 14.8. The Morgan fingerprint density at radius 1 is 1.03 bits per heavy atom. The van der Waals surface area contributed by atoms with E-state index in [0.717, 1.165) is 48.2 Å². The molecule has 1 saturated carbocycles. The van der Waals surface area contributed by atoms with Gasteiger partial charge in [0.15, 0.2) is 0 Å². The average Bonchev–Trinajstić information content (AvgIpc) is 3.23. The Hall–Kier alpha value is -3.65. The Kier molecular flexibility index (Phi) is 6.05. The molecule has 0 spiro atoms. The van der Waals surface area contributed by atoms with E-state index in [4.69, 9.17) is 5.10 Å². The number of amides is 1. The average molecular weight is 396 g/mol. The van der Waals surface area contributed by atoms with Crippen LogP contribution in [0.3, 0.4) is 0 Å². The molecule has 1 heterocycles.